The van der Waals surface area contributed by atoms with E-state index in [9.17, 15) is 0 Å². The van der Waals surface area contributed by atoms with Crippen LogP contribution in [-0.2, 0) is 12.8 Å². The number of aryl methyl sites for hydroxylation is 1. The molecule has 0 radical (unpaired) electrons. The molecule has 0 bridgehead atoms. The fourth-order valence-corrected chi connectivity index (χ4v) is 3.69. The summed E-state index contributed by atoms with van der Waals surface area (Å²) in [6.07, 6.45) is 9.71. The summed E-state index contributed by atoms with van der Waals surface area (Å²) in [5.41, 5.74) is 5.85. The molecule has 0 aliphatic heterocycles. The third-order valence-electron chi connectivity index (χ3n) is 4.88. The predicted octanol–water partition coefficient (Wildman–Crippen LogP) is 4.49. The van der Waals surface area contributed by atoms with Gasteiger partial charge in [0, 0.05) is 0 Å². The van der Waals surface area contributed by atoms with E-state index in [0.29, 0.717) is 0 Å². The molecule has 118 valence electrons. The first-order valence-corrected chi connectivity index (χ1v) is 8.84. The maximum atomic E-state index is 2.43. The fraction of sp³-hybridized carbons (Fsp3) is 0.167. The number of hydrogen-bond donors (Lipinski definition) is 0. The molecule has 2 aliphatic carbocycles. The summed E-state index contributed by atoms with van der Waals surface area (Å²) >= 11 is 0. The van der Waals surface area contributed by atoms with Crippen LogP contribution >= 0.6 is 0 Å². The number of fused-ring (bicyclic) bond motifs is 5. The van der Waals surface area contributed by atoms with Crippen molar-refractivity contribution in [2.45, 2.75) is 25.7 Å². The van der Waals surface area contributed by atoms with Gasteiger partial charge >= 0.3 is 0 Å². The van der Waals surface area contributed by atoms with Gasteiger partial charge in [0.2, 0.25) is 0 Å². The zero-order chi connectivity index (χ0) is 16.2. The Bertz CT molecular complexity index is 922. The normalized spacial score (nSPS) is 13.8. The highest BCUT2D eigenvalue weighted by atomic mass is 14.2. The van der Waals surface area contributed by atoms with E-state index in [0.717, 1.165) is 6.42 Å². The van der Waals surface area contributed by atoms with Crippen LogP contribution in [0.15, 0.2) is 72.8 Å². The van der Waals surface area contributed by atoms with E-state index in [-0.39, 0.29) is 0 Å². The highest BCUT2D eigenvalue weighted by molar-refractivity contribution is 5.74. The van der Waals surface area contributed by atoms with Crippen molar-refractivity contribution in [2.24, 2.45) is 0 Å². The molecule has 5 rings (SSSR count). The second kappa shape index (κ2) is 6.88. The maximum absolute atomic E-state index is 2.43. The summed E-state index contributed by atoms with van der Waals surface area (Å²) in [7, 11) is 0. The Morgan fingerprint density at radius 1 is 0.542 bits per heavy atom. The molecule has 0 saturated carbocycles. The van der Waals surface area contributed by atoms with Gasteiger partial charge in [0.05, 0.1) is 0 Å². The lowest BCUT2D eigenvalue weighted by molar-refractivity contribution is 0.834. The van der Waals surface area contributed by atoms with Crippen molar-refractivity contribution >= 4 is 12.2 Å². The number of hydrogen-bond acceptors (Lipinski definition) is 0. The highest BCUT2D eigenvalue weighted by Gasteiger charge is 2.13. The first-order valence-electron chi connectivity index (χ1n) is 8.84. The summed E-state index contributed by atoms with van der Waals surface area (Å²) < 4.78 is 0. The topological polar surface area (TPSA) is 0 Å². The lowest BCUT2D eigenvalue weighted by Gasteiger charge is -2.17. The van der Waals surface area contributed by atoms with Crippen molar-refractivity contribution in [3.63, 3.8) is 0 Å². The van der Waals surface area contributed by atoms with E-state index in [1.54, 1.807) is 0 Å². The van der Waals surface area contributed by atoms with Crippen molar-refractivity contribution in [2.75, 3.05) is 0 Å². The SMILES string of the molecule is C1=c2c(ccc3c2=CCc2ccccc2-3)CCC1.c1ccccc1. The quantitative estimate of drug-likeness (QED) is 0.574. The predicted molar refractivity (Wildman–Crippen MR) is 103 cm³/mol. The maximum Gasteiger partial charge on any atom is -0.00819 e. The van der Waals surface area contributed by atoms with E-state index < -0.39 is 0 Å². The molecule has 24 heavy (non-hydrogen) atoms. The third-order valence-corrected chi connectivity index (χ3v) is 4.88. The van der Waals surface area contributed by atoms with Crippen LogP contribution in [0.3, 0.4) is 0 Å². The van der Waals surface area contributed by atoms with Gasteiger partial charge in [-0.3, -0.25) is 0 Å². The van der Waals surface area contributed by atoms with Crippen LogP contribution in [0.25, 0.3) is 23.3 Å². The Balaban J connectivity index is 0.000000207. The molecule has 0 N–H and O–H groups in total. The van der Waals surface area contributed by atoms with Gasteiger partial charge in [-0.1, -0.05) is 84.9 Å². The average molecular weight is 310 g/mol. The van der Waals surface area contributed by atoms with Crippen LogP contribution < -0.4 is 10.4 Å². The second-order valence-corrected chi connectivity index (χ2v) is 6.42. The van der Waals surface area contributed by atoms with Crippen molar-refractivity contribution in [1.29, 1.82) is 0 Å². The van der Waals surface area contributed by atoms with Gasteiger partial charge in [-0.25, -0.2) is 0 Å². The van der Waals surface area contributed by atoms with Gasteiger partial charge < -0.3 is 0 Å². The summed E-state index contributed by atoms with van der Waals surface area (Å²) in [5.74, 6) is 0. The zero-order valence-electron chi connectivity index (χ0n) is 13.9. The Kier molecular flexibility index (Phi) is 4.29. The van der Waals surface area contributed by atoms with Crippen LogP contribution in [0.2, 0.25) is 0 Å². The molecule has 3 aromatic rings. The summed E-state index contributed by atoms with van der Waals surface area (Å²) in [6.45, 7) is 0. The number of rotatable bonds is 0. The van der Waals surface area contributed by atoms with E-state index in [1.807, 2.05) is 36.4 Å². The molecular formula is C24H22. The Labute approximate surface area is 143 Å². The molecule has 0 unspecified atom stereocenters. The van der Waals surface area contributed by atoms with Gasteiger partial charge in [0.1, 0.15) is 0 Å². The molecule has 0 heterocycles. The number of benzene rings is 3. The second-order valence-electron chi connectivity index (χ2n) is 6.42. The minimum absolute atomic E-state index is 1.08. The lowest BCUT2D eigenvalue weighted by atomic mass is 9.87. The van der Waals surface area contributed by atoms with E-state index in [1.165, 1.54) is 52.0 Å². The molecule has 0 spiro atoms. The molecule has 0 heteroatoms. The Morgan fingerprint density at radius 3 is 2.08 bits per heavy atom. The van der Waals surface area contributed by atoms with Crippen molar-refractivity contribution in [3.8, 4) is 11.1 Å². The largest absolute Gasteiger partial charge is 0.0764 e. The molecule has 2 aliphatic rings. The summed E-state index contributed by atoms with van der Waals surface area (Å²) in [5, 5.41) is 2.99. The molecular weight excluding hydrogens is 288 g/mol. The smallest absolute Gasteiger partial charge is 0.00819 e. The van der Waals surface area contributed by atoms with Crippen LogP contribution in [0.5, 0.6) is 0 Å². The Morgan fingerprint density at radius 2 is 1.29 bits per heavy atom. The molecule has 0 saturated heterocycles. The molecule has 0 aromatic heterocycles. The molecule has 0 fully saturated rings. The van der Waals surface area contributed by atoms with E-state index in [2.05, 4.69) is 48.6 Å². The Hall–Kier alpha value is -2.60. The van der Waals surface area contributed by atoms with Gasteiger partial charge in [-0.2, -0.15) is 0 Å². The standard InChI is InChI=1S/C18H16.C6H6/c1-3-7-15-13(5-1)9-11-18-16-8-4-2-6-14(16)10-12-17(15)18;1-2-4-6-5-3-1/h1,3,5,7-8,10-12H,2,4,6,9H2;1-6H. The summed E-state index contributed by atoms with van der Waals surface area (Å²) in [4.78, 5) is 0. The van der Waals surface area contributed by atoms with Crippen LogP contribution in [-0.4, -0.2) is 0 Å². The molecule has 0 amide bonds. The van der Waals surface area contributed by atoms with Crippen LogP contribution in [0, 0.1) is 0 Å². The third kappa shape index (κ3) is 2.92. The first kappa shape index (κ1) is 15.0. The van der Waals surface area contributed by atoms with Crippen molar-refractivity contribution < 1.29 is 0 Å². The first-order chi connectivity index (χ1) is 11.9. The monoisotopic (exact) mass is 310 g/mol. The minimum atomic E-state index is 1.08. The van der Waals surface area contributed by atoms with Gasteiger partial charge in [0.15, 0.2) is 0 Å². The van der Waals surface area contributed by atoms with Gasteiger partial charge in [0.25, 0.3) is 0 Å². The van der Waals surface area contributed by atoms with Gasteiger partial charge in [-0.15, -0.1) is 0 Å². The van der Waals surface area contributed by atoms with E-state index in [4.69, 9.17) is 0 Å². The van der Waals surface area contributed by atoms with Crippen LogP contribution in [0.4, 0.5) is 0 Å². The lowest BCUT2D eigenvalue weighted by Crippen LogP contribution is -2.33. The van der Waals surface area contributed by atoms with E-state index >= 15 is 0 Å². The summed E-state index contributed by atoms with van der Waals surface area (Å²) in [6, 6.07) is 25.5. The average Bonchev–Trinajstić information content (AvgIpc) is 2.69. The molecule has 0 nitrogen and oxygen atoms in total. The van der Waals surface area contributed by atoms with Gasteiger partial charge in [-0.05, 0) is 58.4 Å². The zero-order valence-corrected chi connectivity index (χ0v) is 13.9. The van der Waals surface area contributed by atoms with Crippen LogP contribution in [0.1, 0.15) is 24.0 Å². The molecule has 3 aromatic carbocycles. The van der Waals surface area contributed by atoms with Crippen molar-refractivity contribution in [1.82, 2.24) is 0 Å². The minimum Gasteiger partial charge on any atom is -0.0764 e. The van der Waals surface area contributed by atoms with Crippen molar-refractivity contribution in [3.05, 3.63) is 94.4 Å². The molecule has 0 atom stereocenters. The highest BCUT2D eigenvalue weighted by Crippen LogP contribution is 2.24. The fourth-order valence-electron chi connectivity index (χ4n) is 3.69.